The lowest BCUT2D eigenvalue weighted by atomic mass is 10.2. The Kier molecular flexibility index (Phi) is 6.02. The van der Waals surface area contributed by atoms with Crippen LogP contribution in [-0.4, -0.2) is 28.8 Å². The van der Waals surface area contributed by atoms with Gasteiger partial charge in [0.2, 0.25) is 0 Å². The van der Waals surface area contributed by atoms with Gasteiger partial charge in [0.1, 0.15) is 0 Å². The zero-order valence-electron chi connectivity index (χ0n) is 9.04. The van der Waals surface area contributed by atoms with Crippen LogP contribution in [0.3, 0.4) is 0 Å². The summed E-state index contributed by atoms with van der Waals surface area (Å²) in [6, 6.07) is 1.30. The number of hydrogen-bond acceptors (Lipinski definition) is 2. The molecule has 0 aromatic heterocycles. The van der Waals surface area contributed by atoms with Crippen molar-refractivity contribution < 1.29 is 0 Å². The molecule has 0 bridgehead atoms. The summed E-state index contributed by atoms with van der Waals surface area (Å²) in [4.78, 5) is 2.51. The second-order valence-electron chi connectivity index (χ2n) is 4.06. The zero-order valence-corrected chi connectivity index (χ0v) is 9.94. The van der Waals surface area contributed by atoms with Crippen LogP contribution >= 0.6 is 12.6 Å². The molecular weight excluding hydrogens is 166 g/mol. The molecule has 0 rings (SSSR count). The van der Waals surface area contributed by atoms with E-state index in [-0.39, 0.29) is 0 Å². The van der Waals surface area contributed by atoms with Crippen molar-refractivity contribution in [2.45, 2.75) is 58.4 Å². The molecule has 12 heavy (non-hydrogen) atoms. The number of rotatable bonds is 5. The summed E-state index contributed by atoms with van der Waals surface area (Å²) in [6.45, 7) is 12.3. The lowest BCUT2D eigenvalue weighted by Gasteiger charge is -2.30. The van der Waals surface area contributed by atoms with Crippen molar-refractivity contribution in [1.29, 1.82) is 0 Å². The normalized spacial score (nSPS) is 14.8. The average Bonchev–Trinajstić information content (AvgIpc) is 1.84. The average molecular weight is 189 g/mol. The fourth-order valence-corrected chi connectivity index (χ4v) is 1.56. The van der Waals surface area contributed by atoms with Crippen LogP contribution in [0.15, 0.2) is 0 Å². The van der Waals surface area contributed by atoms with Crippen LogP contribution in [0.1, 0.15) is 41.0 Å². The third-order valence-electron chi connectivity index (χ3n) is 2.13. The van der Waals surface area contributed by atoms with Crippen LogP contribution in [0.5, 0.6) is 0 Å². The van der Waals surface area contributed by atoms with E-state index in [1.165, 1.54) is 13.0 Å². The molecule has 0 amide bonds. The first-order valence-corrected chi connectivity index (χ1v) is 5.40. The Balaban J connectivity index is 3.80. The van der Waals surface area contributed by atoms with Gasteiger partial charge in [-0.15, -0.1) is 0 Å². The van der Waals surface area contributed by atoms with Gasteiger partial charge in [0.05, 0.1) is 0 Å². The predicted octanol–water partition coefficient (Wildman–Crippen LogP) is 2.81. The lowest BCUT2D eigenvalue weighted by molar-refractivity contribution is 0.173. The Morgan fingerprint density at radius 3 is 1.67 bits per heavy atom. The summed E-state index contributed by atoms with van der Waals surface area (Å²) in [5.74, 6) is 0. The van der Waals surface area contributed by atoms with E-state index in [0.717, 1.165) is 0 Å². The number of nitrogens with zero attached hydrogens (tertiary/aromatic N) is 1. The highest BCUT2D eigenvalue weighted by atomic mass is 32.1. The molecule has 0 aliphatic rings. The molecule has 0 saturated carbocycles. The smallest absolute Gasteiger partial charge is 0.00412 e. The molecule has 0 fully saturated rings. The van der Waals surface area contributed by atoms with Crippen LogP contribution in [0.25, 0.3) is 0 Å². The molecule has 0 aromatic carbocycles. The van der Waals surface area contributed by atoms with E-state index < -0.39 is 0 Å². The second kappa shape index (κ2) is 5.87. The molecule has 1 atom stereocenters. The van der Waals surface area contributed by atoms with Crippen molar-refractivity contribution in [1.82, 2.24) is 4.90 Å². The first-order chi connectivity index (χ1) is 5.45. The van der Waals surface area contributed by atoms with Crippen molar-refractivity contribution in [2.24, 2.45) is 0 Å². The molecule has 1 nitrogen and oxygen atoms in total. The molecule has 0 aliphatic carbocycles. The standard InChI is InChI=1S/C10H23NS/c1-8(2)11(9(3)4)7-6-10(5)12/h8-10,12H,6-7H2,1-5H3. The molecule has 0 heterocycles. The quantitative estimate of drug-likeness (QED) is 0.651. The van der Waals surface area contributed by atoms with Gasteiger partial charge in [-0.1, -0.05) is 6.92 Å². The molecule has 1 unspecified atom stereocenters. The largest absolute Gasteiger partial charge is 0.299 e. The second-order valence-corrected chi connectivity index (χ2v) is 4.94. The molecule has 74 valence electrons. The van der Waals surface area contributed by atoms with Crippen molar-refractivity contribution in [3.05, 3.63) is 0 Å². The Labute approximate surface area is 82.9 Å². The fourth-order valence-electron chi connectivity index (χ4n) is 1.45. The highest BCUT2D eigenvalue weighted by Crippen LogP contribution is 2.08. The maximum absolute atomic E-state index is 4.38. The van der Waals surface area contributed by atoms with E-state index in [0.29, 0.717) is 17.3 Å². The summed E-state index contributed by atoms with van der Waals surface area (Å²) in [7, 11) is 0. The Hall–Kier alpha value is 0.310. The van der Waals surface area contributed by atoms with E-state index >= 15 is 0 Å². The van der Waals surface area contributed by atoms with Crippen molar-refractivity contribution in [2.75, 3.05) is 6.54 Å². The fraction of sp³-hybridized carbons (Fsp3) is 1.00. The SMILES string of the molecule is CC(S)CCN(C(C)C)C(C)C. The minimum atomic E-state index is 0.519. The van der Waals surface area contributed by atoms with Gasteiger partial charge >= 0.3 is 0 Å². The first-order valence-electron chi connectivity index (χ1n) is 4.89. The van der Waals surface area contributed by atoms with Crippen molar-refractivity contribution >= 4 is 12.6 Å². The first kappa shape index (κ1) is 12.3. The van der Waals surface area contributed by atoms with Crippen LogP contribution in [-0.2, 0) is 0 Å². The maximum Gasteiger partial charge on any atom is 0.00412 e. The van der Waals surface area contributed by atoms with Gasteiger partial charge in [-0.2, -0.15) is 12.6 Å². The highest BCUT2D eigenvalue weighted by Gasteiger charge is 2.12. The summed E-state index contributed by atoms with van der Waals surface area (Å²) in [5, 5.41) is 0.519. The molecular formula is C10H23NS. The van der Waals surface area contributed by atoms with E-state index in [1.807, 2.05) is 0 Å². The van der Waals surface area contributed by atoms with Gasteiger partial charge in [-0.3, -0.25) is 4.90 Å². The van der Waals surface area contributed by atoms with E-state index in [2.05, 4.69) is 52.1 Å². The minimum absolute atomic E-state index is 0.519. The minimum Gasteiger partial charge on any atom is -0.299 e. The van der Waals surface area contributed by atoms with Crippen LogP contribution in [0.2, 0.25) is 0 Å². The van der Waals surface area contributed by atoms with Crippen molar-refractivity contribution in [3.63, 3.8) is 0 Å². The molecule has 0 radical (unpaired) electrons. The van der Waals surface area contributed by atoms with Crippen molar-refractivity contribution in [3.8, 4) is 0 Å². The van der Waals surface area contributed by atoms with Crippen LogP contribution < -0.4 is 0 Å². The lowest BCUT2D eigenvalue weighted by Crippen LogP contribution is -2.38. The zero-order chi connectivity index (χ0) is 9.72. The summed E-state index contributed by atoms with van der Waals surface area (Å²) in [6.07, 6.45) is 1.18. The summed E-state index contributed by atoms with van der Waals surface area (Å²) < 4.78 is 0. The molecule has 0 aromatic rings. The third-order valence-corrected chi connectivity index (χ3v) is 2.39. The van der Waals surface area contributed by atoms with Gasteiger partial charge in [0.15, 0.2) is 0 Å². The monoisotopic (exact) mass is 189 g/mol. The van der Waals surface area contributed by atoms with E-state index in [1.54, 1.807) is 0 Å². The van der Waals surface area contributed by atoms with Gasteiger partial charge in [0.25, 0.3) is 0 Å². The van der Waals surface area contributed by atoms with Gasteiger partial charge < -0.3 is 0 Å². The Bertz CT molecular complexity index is 102. The highest BCUT2D eigenvalue weighted by molar-refractivity contribution is 7.80. The summed E-state index contributed by atoms with van der Waals surface area (Å²) in [5.41, 5.74) is 0. The maximum atomic E-state index is 4.38. The molecule has 2 heteroatoms. The Morgan fingerprint density at radius 1 is 1.00 bits per heavy atom. The van der Waals surface area contributed by atoms with Gasteiger partial charge in [-0.05, 0) is 40.7 Å². The molecule has 0 saturated heterocycles. The molecule has 0 aliphatic heterocycles. The molecule has 0 spiro atoms. The third kappa shape index (κ3) is 5.04. The molecule has 0 N–H and O–H groups in total. The predicted molar refractivity (Wildman–Crippen MR) is 60.0 cm³/mol. The topological polar surface area (TPSA) is 3.24 Å². The van der Waals surface area contributed by atoms with Crippen LogP contribution in [0, 0.1) is 0 Å². The summed E-state index contributed by atoms with van der Waals surface area (Å²) >= 11 is 4.38. The van der Waals surface area contributed by atoms with Crippen LogP contribution in [0.4, 0.5) is 0 Å². The number of hydrogen-bond donors (Lipinski definition) is 1. The van der Waals surface area contributed by atoms with E-state index in [4.69, 9.17) is 0 Å². The van der Waals surface area contributed by atoms with E-state index in [9.17, 15) is 0 Å². The Morgan fingerprint density at radius 2 is 1.42 bits per heavy atom. The van der Waals surface area contributed by atoms with Gasteiger partial charge in [0, 0.05) is 17.3 Å². The van der Waals surface area contributed by atoms with Gasteiger partial charge in [-0.25, -0.2) is 0 Å². The number of thiol groups is 1.